The van der Waals surface area contributed by atoms with E-state index >= 15 is 0 Å². The maximum absolute atomic E-state index is 5.82. The first kappa shape index (κ1) is 13.3. The van der Waals surface area contributed by atoms with Crippen LogP contribution in [0.15, 0.2) is 16.9 Å². The number of aromatic nitrogens is 4. The predicted octanol–water partition coefficient (Wildman–Crippen LogP) is 0.781. The van der Waals surface area contributed by atoms with E-state index in [2.05, 4.69) is 20.6 Å². The molecule has 108 valence electrons. The third-order valence-electron chi connectivity index (χ3n) is 3.39. The second kappa shape index (κ2) is 6.15. The zero-order valence-electron chi connectivity index (χ0n) is 11.6. The van der Waals surface area contributed by atoms with E-state index in [1.165, 1.54) is 0 Å². The van der Waals surface area contributed by atoms with Gasteiger partial charge in [-0.1, -0.05) is 5.16 Å². The molecule has 1 saturated heterocycles. The van der Waals surface area contributed by atoms with E-state index in [1.807, 2.05) is 13.2 Å². The first-order chi connectivity index (χ1) is 9.81. The molecule has 7 nitrogen and oxygen atoms in total. The topological polar surface area (TPSA) is 78.0 Å². The van der Waals surface area contributed by atoms with E-state index in [-0.39, 0.29) is 0 Å². The highest BCUT2D eigenvalue weighted by molar-refractivity contribution is 5.50. The molecule has 7 heteroatoms. The smallest absolute Gasteiger partial charge is 0.229 e. The second-order valence-corrected chi connectivity index (χ2v) is 4.98. The lowest BCUT2D eigenvalue weighted by molar-refractivity contribution is 0.0322. The van der Waals surface area contributed by atoms with Crippen LogP contribution in [0.25, 0.3) is 11.4 Å². The van der Waals surface area contributed by atoms with Crippen molar-refractivity contribution in [2.75, 3.05) is 19.7 Å². The lowest BCUT2D eigenvalue weighted by atomic mass is 10.1. The van der Waals surface area contributed by atoms with E-state index in [0.29, 0.717) is 30.8 Å². The van der Waals surface area contributed by atoms with Crippen LogP contribution in [0.4, 0.5) is 0 Å². The number of hydrogen-bond donors (Lipinski definition) is 1. The Kier molecular flexibility index (Phi) is 4.08. The van der Waals surface area contributed by atoms with Crippen molar-refractivity contribution >= 4 is 0 Å². The number of aryl methyl sites for hydroxylation is 1. The average Bonchev–Trinajstić information content (AvgIpc) is 3.09. The Morgan fingerprint density at radius 2 is 2.30 bits per heavy atom. The van der Waals surface area contributed by atoms with Crippen molar-refractivity contribution in [1.29, 1.82) is 0 Å². The third-order valence-corrected chi connectivity index (χ3v) is 3.39. The molecule has 0 aromatic carbocycles. The molecule has 0 bridgehead atoms. The zero-order chi connectivity index (χ0) is 13.8. The Labute approximate surface area is 117 Å². The molecular formula is C13H19N5O2. The predicted molar refractivity (Wildman–Crippen MR) is 72.0 cm³/mol. The minimum atomic E-state index is 0.358. The van der Waals surface area contributed by atoms with Gasteiger partial charge in [0.25, 0.3) is 0 Å². The maximum Gasteiger partial charge on any atom is 0.229 e. The summed E-state index contributed by atoms with van der Waals surface area (Å²) in [7, 11) is 1.86. The Bertz CT molecular complexity index is 544. The van der Waals surface area contributed by atoms with Gasteiger partial charge in [-0.15, -0.1) is 0 Å². The van der Waals surface area contributed by atoms with E-state index in [0.717, 1.165) is 31.5 Å². The first-order valence-corrected chi connectivity index (χ1v) is 6.95. The van der Waals surface area contributed by atoms with Crippen LogP contribution in [0.5, 0.6) is 0 Å². The van der Waals surface area contributed by atoms with E-state index < -0.39 is 0 Å². The number of ether oxygens (including phenoxy) is 1. The number of hydrogen-bond acceptors (Lipinski definition) is 6. The number of nitrogens with one attached hydrogen (secondary N) is 1. The van der Waals surface area contributed by atoms with Gasteiger partial charge in [0.2, 0.25) is 11.7 Å². The van der Waals surface area contributed by atoms with Gasteiger partial charge >= 0.3 is 0 Å². The van der Waals surface area contributed by atoms with Crippen molar-refractivity contribution in [3.8, 4) is 11.4 Å². The van der Waals surface area contributed by atoms with E-state index in [1.54, 1.807) is 10.9 Å². The lowest BCUT2D eigenvalue weighted by Gasteiger charge is -2.22. The van der Waals surface area contributed by atoms with Crippen molar-refractivity contribution in [3.05, 3.63) is 18.3 Å². The summed E-state index contributed by atoms with van der Waals surface area (Å²) in [5, 5.41) is 11.4. The minimum Gasteiger partial charge on any atom is -0.378 e. The lowest BCUT2D eigenvalue weighted by Crippen LogP contribution is -2.32. The van der Waals surface area contributed by atoms with Crippen LogP contribution < -0.4 is 5.32 Å². The SMILES string of the molecule is Cn1cc(-c2noc(CCOC3CCNCC3)n2)cn1. The molecular weight excluding hydrogens is 258 g/mol. The molecule has 1 fully saturated rings. The molecule has 3 rings (SSSR count). The number of nitrogens with zero attached hydrogens (tertiary/aromatic N) is 4. The van der Waals surface area contributed by atoms with Crippen LogP contribution in [0.3, 0.4) is 0 Å². The molecule has 0 aliphatic carbocycles. The van der Waals surface area contributed by atoms with Gasteiger partial charge in [-0.3, -0.25) is 4.68 Å². The fraction of sp³-hybridized carbons (Fsp3) is 0.615. The van der Waals surface area contributed by atoms with Crippen LogP contribution in [-0.2, 0) is 18.2 Å². The van der Waals surface area contributed by atoms with Crippen LogP contribution in [0.2, 0.25) is 0 Å². The molecule has 1 aliphatic rings. The highest BCUT2D eigenvalue weighted by Crippen LogP contribution is 2.14. The van der Waals surface area contributed by atoms with Crippen molar-refractivity contribution in [1.82, 2.24) is 25.2 Å². The molecule has 3 heterocycles. The average molecular weight is 277 g/mol. The second-order valence-electron chi connectivity index (χ2n) is 4.98. The monoisotopic (exact) mass is 277 g/mol. The summed E-state index contributed by atoms with van der Waals surface area (Å²) in [5.74, 6) is 1.19. The summed E-state index contributed by atoms with van der Waals surface area (Å²) in [4.78, 5) is 4.35. The van der Waals surface area contributed by atoms with Gasteiger partial charge in [0.05, 0.1) is 30.9 Å². The van der Waals surface area contributed by atoms with E-state index in [4.69, 9.17) is 9.26 Å². The van der Waals surface area contributed by atoms with Crippen molar-refractivity contribution in [2.24, 2.45) is 7.05 Å². The normalized spacial score (nSPS) is 16.6. The number of piperidine rings is 1. The summed E-state index contributed by atoms with van der Waals surface area (Å²) in [6.45, 7) is 2.70. The van der Waals surface area contributed by atoms with Crippen LogP contribution in [-0.4, -0.2) is 45.7 Å². The molecule has 2 aromatic heterocycles. The zero-order valence-corrected chi connectivity index (χ0v) is 11.6. The van der Waals surface area contributed by atoms with E-state index in [9.17, 15) is 0 Å². The molecule has 0 amide bonds. The van der Waals surface area contributed by atoms with Crippen molar-refractivity contribution in [3.63, 3.8) is 0 Å². The van der Waals surface area contributed by atoms with Gasteiger partial charge in [-0.2, -0.15) is 10.1 Å². The number of rotatable bonds is 5. The molecule has 0 unspecified atom stereocenters. The summed E-state index contributed by atoms with van der Waals surface area (Å²) >= 11 is 0. The Hall–Kier alpha value is -1.73. The maximum atomic E-state index is 5.82. The van der Waals surface area contributed by atoms with Gasteiger partial charge in [-0.05, 0) is 25.9 Å². The van der Waals surface area contributed by atoms with Gasteiger partial charge in [0, 0.05) is 13.2 Å². The minimum absolute atomic E-state index is 0.358. The highest BCUT2D eigenvalue weighted by atomic mass is 16.5. The summed E-state index contributed by atoms with van der Waals surface area (Å²) in [6.07, 6.45) is 6.74. The summed E-state index contributed by atoms with van der Waals surface area (Å²) < 4.78 is 12.8. The summed E-state index contributed by atoms with van der Waals surface area (Å²) in [5.41, 5.74) is 0.863. The molecule has 1 aliphatic heterocycles. The molecule has 20 heavy (non-hydrogen) atoms. The third kappa shape index (κ3) is 3.23. The van der Waals surface area contributed by atoms with Crippen LogP contribution >= 0.6 is 0 Å². The molecule has 0 saturated carbocycles. The fourth-order valence-electron chi connectivity index (χ4n) is 2.29. The van der Waals surface area contributed by atoms with Crippen molar-refractivity contribution < 1.29 is 9.26 Å². The Balaban J connectivity index is 1.50. The van der Waals surface area contributed by atoms with Gasteiger partial charge < -0.3 is 14.6 Å². The van der Waals surface area contributed by atoms with Gasteiger partial charge in [0.1, 0.15) is 0 Å². The molecule has 0 radical (unpaired) electrons. The van der Waals surface area contributed by atoms with Crippen LogP contribution in [0.1, 0.15) is 18.7 Å². The molecule has 0 spiro atoms. The summed E-state index contributed by atoms with van der Waals surface area (Å²) in [6, 6.07) is 0. The Morgan fingerprint density at radius 1 is 1.45 bits per heavy atom. The fourth-order valence-corrected chi connectivity index (χ4v) is 2.29. The quantitative estimate of drug-likeness (QED) is 0.870. The standard InChI is InChI=1S/C13H19N5O2/c1-18-9-10(8-15-18)13-16-12(20-17-13)4-7-19-11-2-5-14-6-3-11/h8-9,11,14H,2-7H2,1H3. The first-order valence-electron chi connectivity index (χ1n) is 6.95. The molecule has 1 N–H and O–H groups in total. The molecule has 2 aromatic rings. The van der Waals surface area contributed by atoms with Crippen LogP contribution in [0, 0.1) is 0 Å². The van der Waals surface area contributed by atoms with Crippen molar-refractivity contribution in [2.45, 2.75) is 25.4 Å². The highest BCUT2D eigenvalue weighted by Gasteiger charge is 2.14. The Morgan fingerprint density at radius 3 is 3.05 bits per heavy atom. The van der Waals surface area contributed by atoms with Gasteiger partial charge in [0.15, 0.2) is 0 Å². The van der Waals surface area contributed by atoms with Gasteiger partial charge in [-0.25, -0.2) is 0 Å². The largest absolute Gasteiger partial charge is 0.378 e. The molecule has 0 atom stereocenters.